The van der Waals surface area contributed by atoms with E-state index in [1.54, 1.807) is 6.92 Å². The molecule has 0 atom stereocenters. The van der Waals surface area contributed by atoms with Crippen LogP contribution in [-0.2, 0) is 14.8 Å². The van der Waals surface area contributed by atoms with E-state index in [0.717, 1.165) is 52.0 Å². The summed E-state index contributed by atoms with van der Waals surface area (Å²) in [5.74, 6) is -0.0662. The molecule has 140 valence electrons. The molecule has 2 fully saturated rings. The molecule has 2 saturated heterocycles. The lowest BCUT2D eigenvalue weighted by Crippen LogP contribution is -2.45. The molecule has 0 unspecified atom stereocenters. The monoisotopic (exact) mass is 370 g/mol. The maximum Gasteiger partial charge on any atom is 0.240 e. The third-order valence-corrected chi connectivity index (χ3v) is 6.93. The summed E-state index contributed by atoms with van der Waals surface area (Å²) in [6, 6.07) is 4.39. The van der Waals surface area contributed by atoms with Crippen molar-refractivity contribution in [3.05, 3.63) is 29.6 Å². The number of piperidine rings is 1. The molecule has 0 radical (unpaired) electrons. The van der Waals surface area contributed by atoms with Crippen LogP contribution < -0.4 is 4.72 Å². The van der Waals surface area contributed by atoms with Crippen LogP contribution in [0, 0.1) is 18.7 Å². The number of benzene rings is 1. The number of halogens is 1. The van der Waals surface area contributed by atoms with Crippen LogP contribution in [0.4, 0.5) is 4.39 Å². The number of ether oxygens (including phenoxy) is 1. The molecule has 0 amide bonds. The van der Waals surface area contributed by atoms with Crippen LogP contribution in [0.1, 0.15) is 31.2 Å². The van der Waals surface area contributed by atoms with Gasteiger partial charge in [-0.05, 0) is 75.4 Å². The Hall–Kier alpha value is -1.02. The fourth-order valence-electron chi connectivity index (χ4n) is 3.79. The Morgan fingerprint density at radius 1 is 1.20 bits per heavy atom. The molecule has 0 aliphatic carbocycles. The van der Waals surface area contributed by atoms with Gasteiger partial charge in [0.1, 0.15) is 5.82 Å². The van der Waals surface area contributed by atoms with Crippen molar-refractivity contribution in [1.29, 1.82) is 0 Å². The Labute approximate surface area is 149 Å². The van der Waals surface area contributed by atoms with Gasteiger partial charge in [0.15, 0.2) is 0 Å². The van der Waals surface area contributed by atoms with Gasteiger partial charge in [-0.3, -0.25) is 0 Å². The van der Waals surface area contributed by atoms with Crippen LogP contribution in [0.2, 0.25) is 0 Å². The zero-order valence-corrected chi connectivity index (χ0v) is 15.5. The lowest BCUT2D eigenvalue weighted by atomic mass is 9.94. The number of sulfonamides is 1. The minimum absolute atomic E-state index is 0.161. The Bertz CT molecular complexity index is 682. The standard InChI is InChI=1S/C18H27FN2O3S/c1-14-12-16(19)2-3-18(14)25(22,23)20-13-15-4-8-21(9-5-15)17-6-10-24-11-7-17/h2-3,12,15,17,20H,4-11,13H2,1H3. The first-order valence-electron chi connectivity index (χ1n) is 9.03. The fraction of sp³-hybridized carbons (Fsp3) is 0.667. The van der Waals surface area contributed by atoms with Crippen LogP contribution in [0.3, 0.4) is 0 Å². The fourth-order valence-corrected chi connectivity index (χ4v) is 5.13. The van der Waals surface area contributed by atoms with E-state index in [9.17, 15) is 12.8 Å². The smallest absolute Gasteiger partial charge is 0.240 e. The summed E-state index contributed by atoms with van der Waals surface area (Å²) >= 11 is 0. The van der Waals surface area contributed by atoms with Crippen molar-refractivity contribution in [2.75, 3.05) is 32.8 Å². The number of aryl methyl sites for hydroxylation is 1. The summed E-state index contributed by atoms with van der Waals surface area (Å²) in [6.07, 6.45) is 4.20. The van der Waals surface area contributed by atoms with Gasteiger partial charge < -0.3 is 9.64 Å². The maximum absolute atomic E-state index is 13.2. The number of rotatable bonds is 5. The van der Waals surface area contributed by atoms with Crippen LogP contribution in [0.5, 0.6) is 0 Å². The van der Waals surface area contributed by atoms with Crippen LogP contribution >= 0.6 is 0 Å². The normalized spacial score (nSPS) is 21.5. The summed E-state index contributed by atoms with van der Waals surface area (Å²) < 4.78 is 46.2. The molecule has 2 aliphatic heterocycles. The summed E-state index contributed by atoms with van der Waals surface area (Å²) in [5, 5.41) is 0. The zero-order chi connectivity index (χ0) is 17.9. The molecule has 5 nitrogen and oxygen atoms in total. The van der Waals surface area contributed by atoms with Gasteiger partial charge in [-0.1, -0.05) is 0 Å². The number of nitrogens with zero attached hydrogens (tertiary/aromatic N) is 1. The van der Waals surface area contributed by atoms with E-state index in [0.29, 0.717) is 24.1 Å². The molecule has 25 heavy (non-hydrogen) atoms. The zero-order valence-electron chi connectivity index (χ0n) is 14.7. The Morgan fingerprint density at radius 3 is 2.52 bits per heavy atom. The lowest BCUT2D eigenvalue weighted by Gasteiger charge is -2.39. The molecule has 1 aromatic carbocycles. The second-order valence-corrected chi connectivity index (χ2v) is 8.82. The highest BCUT2D eigenvalue weighted by molar-refractivity contribution is 7.89. The minimum atomic E-state index is -3.59. The topological polar surface area (TPSA) is 58.6 Å². The summed E-state index contributed by atoms with van der Waals surface area (Å²) in [4.78, 5) is 2.69. The molecule has 1 aromatic rings. The van der Waals surface area contributed by atoms with Crippen molar-refractivity contribution in [2.24, 2.45) is 5.92 Å². The predicted molar refractivity (Wildman–Crippen MR) is 94.5 cm³/mol. The van der Waals surface area contributed by atoms with Gasteiger partial charge in [0.25, 0.3) is 0 Å². The molecule has 7 heteroatoms. The first-order valence-corrected chi connectivity index (χ1v) is 10.5. The van der Waals surface area contributed by atoms with Gasteiger partial charge in [0.05, 0.1) is 4.90 Å². The molecule has 3 rings (SSSR count). The van der Waals surface area contributed by atoms with E-state index in [4.69, 9.17) is 4.74 Å². The number of likely N-dealkylation sites (tertiary alicyclic amines) is 1. The summed E-state index contributed by atoms with van der Waals surface area (Å²) in [7, 11) is -3.59. The molecular formula is C18H27FN2O3S. The van der Waals surface area contributed by atoms with Crippen LogP contribution in [-0.4, -0.2) is 52.2 Å². The highest BCUT2D eigenvalue weighted by Gasteiger charge is 2.27. The molecule has 0 spiro atoms. The van der Waals surface area contributed by atoms with Crippen molar-refractivity contribution in [3.63, 3.8) is 0 Å². The summed E-state index contributed by atoms with van der Waals surface area (Å²) in [6.45, 7) is 5.80. The third kappa shape index (κ3) is 4.78. The van der Waals surface area contributed by atoms with Gasteiger partial charge in [-0.25, -0.2) is 17.5 Å². The van der Waals surface area contributed by atoms with E-state index in [2.05, 4.69) is 9.62 Å². The Morgan fingerprint density at radius 2 is 1.88 bits per heavy atom. The van der Waals surface area contributed by atoms with Crippen molar-refractivity contribution in [3.8, 4) is 0 Å². The first kappa shape index (κ1) is 18.8. The van der Waals surface area contributed by atoms with Gasteiger partial charge in [-0.2, -0.15) is 0 Å². The summed E-state index contributed by atoms with van der Waals surface area (Å²) in [5.41, 5.74) is 0.432. The van der Waals surface area contributed by atoms with Crippen molar-refractivity contribution >= 4 is 10.0 Å². The average Bonchev–Trinajstić information content (AvgIpc) is 2.61. The van der Waals surface area contributed by atoms with Crippen LogP contribution in [0.25, 0.3) is 0 Å². The quantitative estimate of drug-likeness (QED) is 0.864. The highest BCUT2D eigenvalue weighted by Crippen LogP contribution is 2.23. The SMILES string of the molecule is Cc1cc(F)ccc1S(=O)(=O)NCC1CCN(C2CCOCC2)CC1. The van der Waals surface area contributed by atoms with Gasteiger partial charge in [0.2, 0.25) is 10.0 Å². The molecule has 2 heterocycles. The molecule has 0 saturated carbocycles. The van der Waals surface area contributed by atoms with Crippen molar-refractivity contribution < 1.29 is 17.5 Å². The van der Waals surface area contributed by atoms with E-state index < -0.39 is 15.8 Å². The van der Waals surface area contributed by atoms with E-state index in [1.807, 2.05) is 0 Å². The van der Waals surface area contributed by atoms with E-state index in [1.165, 1.54) is 18.2 Å². The second-order valence-electron chi connectivity index (χ2n) is 7.08. The van der Waals surface area contributed by atoms with Crippen molar-refractivity contribution in [2.45, 2.75) is 43.5 Å². The Kier molecular flexibility index (Phi) is 6.09. The first-order chi connectivity index (χ1) is 12.0. The number of hydrogen-bond acceptors (Lipinski definition) is 4. The van der Waals surface area contributed by atoms with Gasteiger partial charge >= 0.3 is 0 Å². The maximum atomic E-state index is 13.2. The second kappa shape index (κ2) is 8.12. The Balaban J connectivity index is 1.50. The van der Waals surface area contributed by atoms with Crippen LogP contribution in [0.15, 0.2) is 23.1 Å². The predicted octanol–water partition coefficient (Wildman–Crippen LogP) is 2.30. The molecule has 1 N–H and O–H groups in total. The van der Waals surface area contributed by atoms with Gasteiger partial charge in [-0.15, -0.1) is 0 Å². The van der Waals surface area contributed by atoms with Crippen molar-refractivity contribution in [1.82, 2.24) is 9.62 Å². The number of hydrogen-bond donors (Lipinski definition) is 1. The molecule has 0 aromatic heterocycles. The average molecular weight is 370 g/mol. The lowest BCUT2D eigenvalue weighted by molar-refractivity contribution is 0.0214. The molecule has 2 aliphatic rings. The van der Waals surface area contributed by atoms with Gasteiger partial charge in [0, 0.05) is 25.8 Å². The molecular weight excluding hydrogens is 343 g/mol. The number of nitrogens with one attached hydrogen (secondary N) is 1. The minimum Gasteiger partial charge on any atom is -0.381 e. The highest BCUT2D eigenvalue weighted by atomic mass is 32.2. The van der Waals surface area contributed by atoms with E-state index in [-0.39, 0.29) is 4.90 Å². The van der Waals surface area contributed by atoms with E-state index >= 15 is 0 Å². The third-order valence-electron chi connectivity index (χ3n) is 5.34. The largest absolute Gasteiger partial charge is 0.381 e. The molecule has 0 bridgehead atoms.